The standard InChI is InChI=1S/2C7H9NO4S/c1-12-7-3-2-5(4-6(7)8)13(9,10)11;1-12-7-4-5(13(9,10)11)2-3-6(7)8/h2*2-4H,8H2,1H3,(H,9,10,11). The van der Waals surface area contributed by atoms with E-state index >= 15 is 0 Å². The fourth-order valence-corrected chi connectivity index (χ4v) is 2.74. The highest BCUT2D eigenvalue weighted by Crippen LogP contribution is 2.25. The molecule has 0 aliphatic carbocycles. The monoisotopic (exact) mass is 406 g/mol. The van der Waals surface area contributed by atoms with Crippen molar-refractivity contribution in [3.63, 3.8) is 0 Å². The van der Waals surface area contributed by atoms with Crippen LogP contribution >= 0.6 is 0 Å². The van der Waals surface area contributed by atoms with E-state index in [9.17, 15) is 16.8 Å². The molecule has 2 aromatic rings. The molecule has 6 N–H and O–H groups in total. The molecule has 0 saturated carbocycles. The molecule has 0 aromatic heterocycles. The minimum absolute atomic E-state index is 0.164. The quantitative estimate of drug-likeness (QED) is 0.423. The van der Waals surface area contributed by atoms with Gasteiger partial charge in [0.1, 0.15) is 11.5 Å². The molecule has 0 atom stereocenters. The molecule has 12 heteroatoms. The Morgan fingerprint density at radius 2 is 1.19 bits per heavy atom. The second kappa shape index (κ2) is 8.23. The maximum absolute atomic E-state index is 10.7. The molecule has 0 amide bonds. The molecule has 0 aliphatic rings. The van der Waals surface area contributed by atoms with Crippen molar-refractivity contribution in [2.75, 3.05) is 25.7 Å². The van der Waals surface area contributed by atoms with Gasteiger partial charge in [0, 0.05) is 6.07 Å². The molecule has 26 heavy (non-hydrogen) atoms. The van der Waals surface area contributed by atoms with Gasteiger partial charge in [-0.1, -0.05) is 0 Å². The minimum atomic E-state index is -4.19. The fourth-order valence-electron chi connectivity index (χ4n) is 1.72. The van der Waals surface area contributed by atoms with E-state index in [1.165, 1.54) is 38.5 Å². The molecule has 2 aromatic carbocycles. The van der Waals surface area contributed by atoms with Gasteiger partial charge < -0.3 is 20.9 Å². The molecule has 0 fully saturated rings. The molecule has 0 saturated heterocycles. The van der Waals surface area contributed by atoms with Crippen LogP contribution in [0.4, 0.5) is 11.4 Å². The number of hydrogen-bond acceptors (Lipinski definition) is 8. The van der Waals surface area contributed by atoms with Crippen LogP contribution in [0.3, 0.4) is 0 Å². The average Bonchev–Trinajstić information content (AvgIpc) is 2.54. The van der Waals surface area contributed by atoms with Gasteiger partial charge in [0.15, 0.2) is 0 Å². The predicted molar refractivity (Wildman–Crippen MR) is 94.4 cm³/mol. The van der Waals surface area contributed by atoms with Crippen molar-refractivity contribution in [2.24, 2.45) is 0 Å². The van der Waals surface area contributed by atoms with Crippen molar-refractivity contribution < 1.29 is 35.4 Å². The van der Waals surface area contributed by atoms with E-state index in [0.717, 1.165) is 12.1 Å². The Kier molecular flexibility index (Phi) is 6.80. The van der Waals surface area contributed by atoms with Crippen molar-refractivity contribution in [3.05, 3.63) is 36.4 Å². The second-order valence-electron chi connectivity index (χ2n) is 4.76. The van der Waals surface area contributed by atoms with Crippen molar-refractivity contribution in [1.82, 2.24) is 0 Å². The maximum atomic E-state index is 10.7. The Morgan fingerprint density at radius 1 is 0.731 bits per heavy atom. The van der Waals surface area contributed by atoms with Crippen LogP contribution in [-0.2, 0) is 20.2 Å². The van der Waals surface area contributed by atoms with E-state index in [1.807, 2.05) is 0 Å². The van der Waals surface area contributed by atoms with Gasteiger partial charge >= 0.3 is 0 Å². The lowest BCUT2D eigenvalue weighted by atomic mass is 10.3. The van der Waals surface area contributed by atoms with Gasteiger partial charge in [-0.25, -0.2) is 0 Å². The molecule has 0 bridgehead atoms. The molecule has 0 unspecified atom stereocenters. The normalized spacial score (nSPS) is 11.2. The SMILES string of the molecule is COc1cc(S(=O)(=O)O)ccc1N.COc1ccc(S(=O)(=O)O)cc1N. The van der Waals surface area contributed by atoms with Gasteiger partial charge in [0.25, 0.3) is 20.2 Å². The molecule has 0 radical (unpaired) electrons. The largest absolute Gasteiger partial charge is 0.495 e. The van der Waals surface area contributed by atoms with E-state index in [1.54, 1.807) is 0 Å². The second-order valence-corrected chi connectivity index (χ2v) is 7.60. The van der Waals surface area contributed by atoms with Crippen LogP contribution < -0.4 is 20.9 Å². The zero-order valence-electron chi connectivity index (χ0n) is 13.8. The van der Waals surface area contributed by atoms with Crippen LogP contribution in [0.25, 0.3) is 0 Å². The lowest BCUT2D eigenvalue weighted by Crippen LogP contribution is -2.00. The van der Waals surface area contributed by atoms with Gasteiger partial charge in [-0.3, -0.25) is 9.11 Å². The van der Waals surface area contributed by atoms with Crippen LogP contribution in [0.5, 0.6) is 11.5 Å². The summed E-state index contributed by atoms with van der Waals surface area (Å²) in [4.78, 5) is -0.482. The third-order valence-electron chi connectivity index (χ3n) is 3.00. The third-order valence-corrected chi connectivity index (χ3v) is 4.70. The zero-order chi connectivity index (χ0) is 20.1. The van der Waals surface area contributed by atoms with E-state index < -0.39 is 20.2 Å². The molecule has 0 heterocycles. The summed E-state index contributed by atoms with van der Waals surface area (Å²) in [5.41, 5.74) is 11.3. The number of anilines is 2. The number of nitrogen functional groups attached to an aromatic ring is 2. The summed E-state index contributed by atoms with van der Waals surface area (Å²) in [6, 6.07) is 7.43. The summed E-state index contributed by atoms with van der Waals surface area (Å²) in [6.45, 7) is 0. The highest BCUT2D eigenvalue weighted by atomic mass is 32.2. The molecule has 2 rings (SSSR count). The van der Waals surface area contributed by atoms with Crippen LogP contribution in [-0.4, -0.2) is 40.2 Å². The van der Waals surface area contributed by atoms with E-state index in [4.69, 9.17) is 30.0 Å². The number of ether oxygens (including phenoxy) is 2. The van der Waals surface area contributed by atoms with Gasteiger partial charge in [0.2, 0.25) is 0 Å². The van der Waals surface area contributed by atoms with Gasteiger partial charge in [-0.15, -0.1) is 0 Å². The number of nitrogens with two attached hydrogens (primary N) is 2. The summed E-state index contributed by atoms with van der Waals surface area (Å²) in [6.07, 6.45) is 0. The zero-order valence-corrected chi connectivity index (χ0v) is 15.4. The van der Waals surface area contributed by atoms with Crippen LogP contribution in [0.1, 0.15) is 0 Å². The number of hydrogen-bond donors (Lipinski definition) is 4. The Bertz CT molecular complexity index is 988. The predicted octanol–water partition coefficient (Wildman–Crippen LogP) is 1.05. The molecule has 144 valence electrons. The first-order chi connectivity index (χ1) is 11.9. The topological polar surface area (TPSA) is 179 Å². The maximum Gasteiger partial charge on any atom is 0.294 e. The van der Waals surface area contributed by atoms with Crippen molar-refractivity contribution >= 4 is 31.6 Å². The average molecular weight is 406 g/mol. The van der Waals surface area contributed by atoms with Crippen LogP contribution in [0, 0.1) is 0 Å². The summed E-state index contributed by atoms with van der Waals surface area (Å²) >= 11 is 0. The molecule has 0 aliphatic heterocycles. The van der Waals surface area contributed by atoms with Crippen LogP contribution in [0.2, 0.25) is 0 Å². The van der Waals surface area contributed by atoms with Gasteiger partial charge in [0.05, 0.1) is 35.4 Å². The fraction of sp³-hybridized carbons (Fsp3) is 0.143. The van der Waals surface area contributed by atoms with Crippen molar-refractivity contribution in [1.29, 1.82) is 0 Å². The molecule has 10 nitrogen and oxygen atoms in total. The Hall–Kier alpha value is -2.54. The Labute approximate surface area is 150 Å². The summed E-state index contributed by atoms with van der Waals surface area (Å²) in [5, 5.41) is 0. The first-order valence-corrected chi connectivity index (χ1v) is 9.60. The van der Waals surface area contributed by atoms with E-state index in [0.29, 0.717) is 11.4 Å². The number of methoxy groups -OCH3 is 2. The van der Waals surface area contributed by atoms with E-state index in [2.05, 4.69) is 0 Å². The van der Waals surface area contributed by atoms with Gasteiger partial charge in [-0.2, -0.15) is 16.8 Å². The third kappa shape index (κ3) is 5.77. The summed E-state index contributed by atoms with van der Waals surface area (Å²) < 4.78 is 69.6. The highest BCUT2D eigenvalue weighted by molar-refractivity contribution is 7.86. The smallest absolute Gasteiger partial charge is 0.294 e. The lowest BCUT2D eigenvalue weighted by Gasteiger charge is -2.04. The van der Waals surface area contributed by atoms with E-state index in [-0.39, 0.29) is 21.2 Å². The first-order valence-electron chi connectivity index (χ1n) is 6.72. The Balaban J connectivity index is 0.000000260. The number of benzene rings is 2. The van der Waals surface area contributed by atoms with Crippen LogP contribution in [0.15, 0.2) is 46.2 Å². The van der Waals surface area contributed by atoms with Gasteiger partial charge in [-0.05, 0) is 30.3 Å². The first kappa shape index (κ1) is 21.5. The lowest BCUT2D eigenvalue weighted by molar-refractivity contribution is 0.414. The van der Waals surface area contributed by atoms with Crippen molar-refractivity contribution in [3.8, 4) is 11.5 Å². The molecular formula is C14H18N2O8S2. The Morgan fingerprint density at radius 3 is 1.62 bits per heavy atom. The highest BCUT2D eigenvalue weighted by Gasteiger charge is 2.12. The molecule has 0 spiro atoms. The molecular weight excluding hydrogens is 388 g/mol. The number of rotatable bonds is 4. The van der Waals surface area contributed by atoms with Crippen molar-refractivity contribution in [2.45, 2.75) is 9.79 Å². The summed E-state index contributed by atoms with van der Waals surface area (Å²) in [5.74, 6) is 0.586. The minimum Gasteiger partial charge on any atom is -0.495 e. The summed E-state index contributed by atoms with van der Waals surface area (Å²) in [7, 11) is -5.60.